The Bertz CT molecular complexity index is 1110. The van der Waals surface area contributed by atoms with Gasteiger partial charge in [-0.2, -0.15) is 0 Å². The molecule has 3 rings (SSSR count). The molecule has 0 spiro atoms. The lowest BCUT2D eigenvalue weighted by atomic mass is 10.1. The Hall–Kier alpha value is -2.28. The van der Waals surface area contributed by atoms with Crippen LogP contribution >= 0.6 is 23.2 Å². The Morgan fingerprint density at radius 2 is 1.70 bits per heavy atom. The number of nitrogens with zero attached hydrogens (tertiary/aromatic N) is 1. The molecule has 0 bridgehead atoms. The van der Waals surface area contributed by atoms with Gasteiger partial charge in [0.25, 0.3) is 10.0 Å². The summed E-state index contributed by atoms with van der Waals surface area (Å²) in [6, 6.07) is 16.6. The number of benzene rings is 3. The van der Waals surface area contributed by atoms with E-state index in [2.05, 4.69) is 0 Å². The zero-order chi connectivity index (χ0) is 19.6. The Balaban J connectivity index is 2.22. The Kier molecular flexibility index (Phi) is 5.60. The fraction of sp³-hybridized carbons (Fsp3) is 0.105. The molecule has 0 aliphatic rings. The number of rotatable bonds is 6. The lowest BCUT2D eigenvalue weighted by Crippen LogP contribution is -2.33. The molecule has 1 N–H and O–H groups in total. The summed E-state index contributed by atoms with van der Waals surface area (Å²) in [4.78, 5) is 10.9. The predicted molar refractivity (Wildman–Crippen MR) is 107 cm³/mol. The number of carboxylic acids is 1. The first kappa shape index (κ1) is 19.5. The predicted octanol–water partition coefficient (Wildman–Crippen LogP) is 4.82. The van der Waals surface area contributed by atoms with Crippen LogP contribution in [0.2, 0.25) is 10.0 Å². The van der Waals surface area contributed by atoms with Crippen molar-refractivity contribution in [1.82, 2.24) is 0 Å². The summed E-state index contributed by atoms with van der Waals surface area (Å²) in [6.45, 7) is -0.242. The van der Waals surface area contributed by atoms with E-state index >= 15 is 0 Å². The van der Waals surface area contributed by atoms with E-state index in [0.717, 1.165) is 9.69 Å². The minimum absolute atomic E-state index is 0.0139. The van der Waals surface area contributed by atoms with E-state index in [4.69, 9.17) is 28.3 Å². The minimum atomic E-state index is -4.14. The van der Waals surface area contributed by atoms with Crippen LogP contribution in [0.25, 0.3) is 10.8 Å². The second-order valence-electron chi connectivity index (χ2n) is 5.79. The molecule has 0 aromatic heterocycles. The monoisotopic (exact) mass is 423 g/mol. The average molecular weight is 424 g/mol. The normalized spacial score (nSPS) is 11.5. The number of hydrogen-bond acceptors (Lipinski definition) is 3. The van der Waals surface area contributed by atoms with Crippen LogP contribution in [0.1, 0.15) is 6.42 Å². The molecule has 0 radical (unpaired) electrons. The molecule has 27 heavy (non-hydrogen) atoms. The maximum atomic E-state index is 13.4. The largest absolute Gasteiger partial charge is 0.481 e. The number of fused-ring (bicyclic) bond motifs is 1. The first-order chi connectivity index (χ1) is 12.8. The highest BCUT2D eigenvalue weighted by atomic mass is 35.5. The zero-order valence-corrected chi connectivity index (χ0v) is 16.3. The summed E-state index contributed by atoms with van der Waals surface area (Å²) in [5.41, 5.74) is 0.380. The summed E-state index contributed by atoms with van der Waals surface area (Å²) in [5.74, 6) is -1.10. The van der Waals surface area contributed by atoms with E-state index in [0.29, 0.717) is 11.1 Å². The van der Waals surface area contributed by atoms with Gasteiger partial charge in [-0.3, -0.25) is 9.10 Å². The lowest BCUT2D eigenvalue weighted by molar-refractivity contribution is -0.136. The number of hydrogen-bond donors (Lipinski definition) is 1. The van der Waals surface area contributed by atoms with Crippen molar-refractivity contribution in [3.63, 3.8) is 0 Å². The topological polar surface area (TPSA) is 74.7 Å². The van der Waals surface area contributed by atoms with Crippen molar-refractivity contribution >= 4 is 55.7 Å². The third-order valence-electron chi connectivity index (χ3n) is 4.03. The summed E-state index contributed by atoms with van der Waals surface area (Å²) in [6.07, 6.45) is -0.360. The van der Waals surface area contributed by atoms with Gasteiger partial charge in [0.05, 0.1) is 17.1 Å². The quantitative estimate of drug-likeness (QED) is 0.616. The fourth-order valence-corrected chi connectivity index (χ4v) is 5.01. The van der Waals surface area contributed by atoms with Crippen molar-refractivity contribution in [3.05, 3.63) is 70.7 Å². The van der Waals surface area contributed by atoms with Crippen molar-refractivity contribution in [2.75, 3.05) is 10.8 Å². The van der Waals surface area contributed by atoms with Crippen LogP contribution in [-0.2, 0) is 14.8 Å². The summed E-state index contributed by atoms with van der Waals surface area (Å²) < 4.78 is 27.8. The van der Waals surface area contributed by atoms with Crippen LogP contribution in [0.5, 0.6) is 0 Å². The number of anilines is 1. The molecule has 0 fully saturated rings. The molecule has 0 saturated heterocycles. The molecule has 5 nitrogen and oxygen atoms in total. The molecule has 0 amide bonds. The highest BCUT2D eigenvalue weighted by Gasteiger charge is 2.29. The number of carboxylic acid groups (broad SMARTS) is 1. The molecule has 140 valence electrons. The van der Waals surface area contributed by atoms with Crippen LogP contribution in [-0.4, -0.2) is 26.0 Å². The summed E-state index contributed by atoms with van der Waals surface area (Å²) >= 11 is 12.1. The molecule has 0 unspecified atom stereocenters. The highest BCUT2D eigenvalue weighted by Crippen LogP contribution is 2.34. The van der Waals surface area contributed by atoms with Crippen molar-refractivity contribution < 1.29 is 18.3 Å². The third-order valence-corrected chi connectivity index (χ3v) is 6.56. The Morgan fingerprint density at radius 3 is 2.44 bits per heavy atom. The van der Waals surface area contributed by atoms with E-state index in [1.807, 2.05) is 18.2 Å². The van der Waals surface area contributed by atoms with Crippen LogP contribution in [0.3, 0.4) is 0 Å². The van der Waals surface area contributed by atoms with Crippen LogP contribution in [0.4, 0.5) is 5.69 Å². The maximum absolute atomic E-state index is 13.4. The molecule has 0 saturated carbocycles. The molecule has 3 aromatic rings. The first-order valence-electron chi connectivity index (χ1n) is 7.98. The second kappa shape index (κ2) is 7.76. The van der Waals surface area contributed by atoms with Crippen molar-refractivity contribution in [1.29, 1.82) is 0 Å². The van der Waals surface area contributed by atoms with Gasteiger partial charge in [0.2, 0.25) is 0 Å². The third kappa shape index (κ3) is 4.03. The van der Waals surface area contributed by atoms with Crippen LogP contribution in [0.15, 0.2) is 65.6 Å². The maximum Gasteiger partial charge on any atom is 0.305 e. The van der Waals surface area contributed by atoms with E-state index in [1.54, 1.807) is 24.3 Å². The first-order valence-corrected chi connectivity index (χ1v) is 10.2. The number of aliphatic carboxylic acids is 1. The van der Waals surface area contributed by atoms with Crippen molar-refractivity contribution in [2.45, 2.75) is 11.3 Å². The van der Waals surface area contributed by atoms with Crippen molar-refractivity contribution in [3.8, 4) is 0 Å². The Morgan fingerprint density at radius 1 is 1.00 bits per heavy atom. The number of sulfonamides is 1. The van der Waals surface area contributed by atoms with Crippen molar-refractivity contribution in [2.24, 2.45) is 0 Å². The molecular formula is C19H15Cl2NO4S. The SMILES string of the molecule is O=C(O)CCN(c1cccc2ccccc12)S(=O)(=O)c1cc(Cl)ccc1Cl. The fourth-order valence-electron chi connectivity index (χ4n) is 2.79. The molecule has 0 aliphatic heterocycles. The smallest absolute Gasteiger partial charge is 0.305 e. The van der Waals surface area contributed by atoms with Gasteiger partial charge in [-0.05, 0) is 29.7 Å². The minimum Gasteiger partial charge on any atom is -0.481 e. The van der Waals surface area contributed by atoms with Crippen LogP contribution < -0.4 is 4.31 Å². The lowest BCUT2D eigenvalue weighted by Gasteiger charge is -2.26. The van der Waals surface area contributed by atoms with Gasteiger partial charge in [0, 0.05) is 17.0 Å². The summed E-state index contributed by atoms with van der Waals surface area (Å²) in [7, 11) is -4.14. The van der Waals surface area contributed by atoms with Gasteiger partial charge in [-0.1, -0.05) is 59.6 Å². The van der Waals surface area contributed by atoms with Gasteiger partial charge < -0.3 is 5.11 Å². The summed E-state index contributed by atoms with van der Waals surface area (Å²) in [5, 5.41) is 10.8. The standard InChI is InChI=1S/C19H15Cl2NO4S/c20-14-8-9-16(21)18(12-14)27(25,26)22(11-10-19(23)24)17-7-3-5-13-4-1-2-6-15(13)17/h1-9,12H,10-11H2,(H,23,24). The zero-order valence-electron chi connectivity index (χ0n) is 14.0. The second-order valence-corrected chi connectivity index (χ2v) is 8.47. The van der Waals surface area contributed by atoms with Gasteiger partial charge in [-0.15, -0.1) is 0 Å². The molecule has 3 aromatic carbocycles. The molecule has 0 heterocycles. The number of carbonyl (C=O) groups is 1. The van der Waals surface area contributed by atoms with Crippen LogP contribution in [0, 0.1) is 0 Å². The van der Waals surface area contributed by atoms with E-state index in [1.165, 1.54) is 18.2 Å². The van der Waals surface area contributed by atoms with Gasteiger partial charge in [0.1, 0.15) is 4.90 Å². The Labute approximate surface area is 166 Å². The molecule has 0 atom stereocenters. The van der Waals surface area contributed by atoms with E-state index in [9.17, 15) is 13.2 Å². The number of halogens is 2. The highest BCUT2D eigenvalue weighted by molar-refractivity contribution is 7.93. The van der Waals surface area contributed by atoms with Gasteiger partial charge in [-0.25, -0.2) is 8.42 Å². The molecule has 8 heteroatoms. The molecular weight excluding hydrogens is 409 g/mol. The average Bonchev–Trinajstić information content (AvgIpc) is 2.63. The van der Waals surface area contributed by atoms with Gasteiger partial charge in [0.15, 0.2) is 0 Å². The van der Waals surface area contributed by atoms with E-state index < -0.39 is 16.0 Å². The van der Waals surface area contributed by atoms with E-state index in [-0.39, 0.29) is 27.9 Å². The molecule has 0 aliphatic carbocycles. The van der Waals surface area contributed by atoms with Gasteiger partial charge >= 0.3 is 5.97 Å².